The second-order valence-electron chi connectivity index (χ2n) is 5.11. The Morgan fingerprint density at radius 3 is 2.56 bits per heavy atom. The third-order valence-electron chi connectivity index (χ3n) is 2.40. The SMILES string of the molecule is CC(C)(C)OCC1(OCCNC=O)CNC1. The van der Waals surface area contributed by atoms with Crippen molar-refractivity contribution in [2.24, 2.45) is 0 Å². The normalized spacial score (nSPS) is 18.9. The highest BCUT2D eigenvalue weighted by molar-refractivity contribution is 5.45. The summed E-state index contributed by atoms with van der Waals surface area (Å²) < 4.78 is 11.5. The first-order chi connectivity index (χ1) is 7.47. The molecule has 0 atom stereocenters. The molecule has 1 rings (SSSR count). The molecule has 1 heterocycles. The van der Waals surface area contributed by atoms with Crippen LogP contribution in [0.15, 0.2) is 0 Å². The maximum atomic E-state index is 10.1. The van der Waals surface area contributed by atoms with Gasteiger partial charge in [-0.1, -0.05) is 0 Å². The van der Waals surface area contributed by atoms with E-state index in [4.69, 9.17) is 9.47 Å². The fraction of sp³-hybridized carbons (Fsp3) is 0.909. The lowest BCUT2D eigenvalue weighted by atomic mass is 9.97. The molecule has 5 nitrogen and oxygen atoms in total. The highest BCUT2D eigenvalue weighted by Gasteiger charge is 2.39. The number of rotatable bonds is 7. The molecule has 5 heteroatoms. The zero-order valence-corrected chi connectivity index (χ0v) is 10.3. The molecule has 0 saturated carbocycles. The summed E-state index contributed by atoms with van der Waals surface area (Å²) in [6.45, 7) is 9.36. The first-order valence-corrected chi connectivity index (χ1v) is 5.63. The van der Waals surface area contributed by atoms with Crippen LogP contribution in [0.2, 0.25) is 0 Å². The number of hydrogen-bond donors (Lipinski definition) is 2. The van der Waals surface area contributed by atoms with Crippen molar-refractivity contribution in [3.05, 3.63) is 0 Å². The molecule has 1 amide bonds. The summed E-state index contributed by atoms with van der Waals surface area (Å²) in [6, 6.07) is 0. The molecule has 0 unspecified atom stereocenters. The number of amides is 1. The fourth-order valence-electron chi connectivity index (χ4n) is 1.38. The van der Waals surface area contributed by atoms with Gasteiger partial charge in [0.25, 0.3) is 0 Å². The van der Waals surface area contributed by atoms with Gasteiger partial charge >= 0.3 is 0 Å². The van der Waals surface area contributed by atoms with E-state index in [9.17, 15) is 4.79 Å². The maximum Gasteiger partial charge on any atom is 0.207 e. The highest BCUT2D eigenvalue weighted by Crippen LogP contribution is 2.20. The van der Waals surface area contributed by atoms with Gasteiger partial charge in [-0.2, -0.15) is 0 Å². The average molecular weight is 230 g/mol. The number of nitrogens with one attached hydrogen (secondary N) is 2. The van der Waals surface area contributed by atoms with Crippen LogP contribution in [-0.4, -0.2) is 50.5 Å². The van der Waals surface area contributed by atoms with Gasteiger partial charge in [0.15, 0.2) is 0 Å². The van der Waals surface area contributed by atoms with Gasteiger partial charge in [-0.05, 0) is 20.8 Å². The van der Waals surface area contributed by atoms with Crippen LogP contribution in [0.25, 0.3) is 0 Å². The summed E-state index contributed by atoms with van der Waals surface area (Å²) in [6.07, 6.45) is 0.681. The molecule has 0 radical (unpaired) electrons. The van der Waals surface area contributed by atoms with E-state index >= 15 is 0 Å². The summed E-state index contributed by atoms with van der Waals surface area (Å²) in [4.78, 5) is 10.1. The second-order valence-corrected chi connectivity index (χ2v) is 5.11. The van der Waals surface area contributed by atoms with Crippen molar-refractivity contribution >= 4 is 6.41 Å². The molecule has 0 aromatic rings. The molecule has 0 bridgehead atoms. The molecule has 0 aromatic heterocycles. The maximum absolute atomic E-state index is 10.1. The quantitative estimate of drug-likeness (QED) is 0.474. The predicted octanol–water partition coefficient (Wildman–Crippen LogP) is -0.0939. The lowest BCUT2D eigenvalue weighted by molar-refractivity contribution is -0.152. The van der Waals surface area contributed by atoms with Crippen molar-refractivity contribution in [1.82, 2.24) is 10.6 Å². The topological polar surface area (TPSA) is 59.6 Å². The molecule has 1 aliphatic heterocycles. The van der Waals surface area contributed by atoms with Crippen LogP contribution in [0.5, 0.6) is 0 Å². The Morgan fingerprint density at radius 2 is 2.12 bits per heavy atom. The number of ether oxygens (including phenoxy) is 2. The van der Waals surface area contributed by atoms with E-state index in [1.165, 1.54) is 0 Å². The zero-order chi connectivity index (χ0) is 12.1. The van der Waals surface area contributed by atoms with Gasteiger partial charge in [-0.3, -0.25) is 4.79 Å². The van der Waals surface area contributed by atoms with Gasteiger partial charge < -0.3 is 20.1 Å². The van der Waals surface area contributed by atoms with Crippen LogP contribution in [-0.2, 0) is 14.3 Å². The third-order valence-corrected chi connectivity index (χ3v) is 2.40. The second kappa shape index (κ2) is 5.61. The van der Waals surface area contributed by atoms with Crippen molar-refractivity contribution in [3.63, 3.8) is 0 Å². The van der Waals surface area contributed by atoms with Crippen LogP contribution in [0.3, 0.4) is 0 Å². The van der Waals surface area contributed by atoms with Gasteiger partial charge in [0.05, 0.1) is 18.8 Å². The molecule has 1 saturated heterocycles. The zero-order valence-electron chi connectivity index (χ0n) is 10.3. The van der Waals surface area contributed by atoms with E-state index in [0.717, 1.165) is 13.1 Å². The molecule has 1 fully saturated rings. The summed E-state index contributed by atoms with van der Waals surface area (Å²) in [5.74, 6) is 0. The van der Waals surface area contributed by atoms with Gasteiger partial charge in [0.1, 0.15) is 5.60 Å². The largest absolute Gasteiger partial charge is 0.373 e. The summed E-state index contributed by atoms with van der Waals surface area (Å²) in [5.41, 5.74) is -0.356. The van der Waals surface area contributed by atoms with Crippen LogP contribution in [0, 0.1) is 0 Å². The Kier molecular flexibility index (Phi) is 4.70. The molecule has 0 aliphatic carbocycles. The molecule has 0 aromatic carbocycles. The van der Waals surface area contributed by atoms with Crippen molar-refractivity contribution in [2.75, 3.05) is 32.8 Å². The Bertz CT molecular complexity index is 222. The van der Waals surface area contributed by atoms with Gasteiger partial charge in [0, 0.05) is 19.6 Å². The van der Waals surface area contributed by atoms with E-state index in [2.05, 4.69) is 10.6 Å². The lowest BCUT2D eigenvalue weighted by Gasteiger charge is -2.43. The number of carbonyl (C=O) groups is 1. The van der Waals surface area contributed by atoms with Crippen LogP contribution >= 0.6 is 0 Å². The smallest absolute Gasteiger partial charge is 0.207 e. The van der Waals surface area contributed by atoms with Gasteiger partial charge in [-0.25, -0.2) is 0 Å². The summed E-state index contributed by atoms with van der Waals surface area (Å²) >= 11 is 0. The van der Waals surface area contributed by atoms with Crippen molar-refractivity contribution in [1.29, 1.82) is 0 Å². The fourth-order valence-corrected chi connectivity index (χ4v) is 1.38. The van der Waals surface area contributed by atoms with E-state index < -0.39 is 0 Å². The third kappa shape index (κ3) is 4.47. The molecule has 94 valence electrons. The lowest BCUT2D eigenvalue weighted by Crippen LogP contribution is -2.64. The van der Waals surface area contributed by atoms with Crippen LogP contribution < -0.4 is 10.6 Å². The minimum absolute atomic E-state index is 0.146. The Hall–Kier alpha value is -0.650. The van der Waals surface area contributed by atoms with Crippen molar-refractivity contribution < 1.29 is 14.3 Å². The standard InChI is InChI=1S/C11H22N2O3/c1-10(2,3)16-8-11(6-13-7-11)15-5-4-12-9-14/h9,13H,4-8H2,1-3H3,(H,12,14). The first-order valence-electron chi connectivity index (χ1n) is 5.63. The van der Waals surface area contributed by atoms with Gasteiger partial charge in [0.2, 0.25) is 6.41 Å². The molecule has 2 N–H and O–H groups in total. The first kappa shape index (κ1) is 13.4. The highest BCUT2D eigenvalue weighted by atomic mass is 16.6. The Labute approximate surface area is 96.9 Å². The molecule has 16 heavy (non-hydrogen) atoms. The molecule has 0 spiro atoms. The van der Waals surface area contributed by atoms with E-state index in [0.29, 0.717) is 26.2 Å². The van der Waals surface area contributed by atoms with E-state index in [1.54, 1.807) is 0 Å². The average Bonchev–Trinajstić information content (AvgIpc) is 2.13. The van der Waals surface area contributed by atoms with Crippen molar-refractivity contribution in [3.8, 4) is 0 Å². The van der Waals surface area contributed by atoms with Crippen LogP contribution in [0.1, 0.15) is 20.8 Å². The van der Waals surface area contributed by atoms with Crippen LogP contribution in [0.4, 0.5) is 0 Å². The molecular weight excluding hydrogens is 208 g/mol. The number of carbonyl (C=O) groups excluding carboxylic acids is 1. The minimum atomic E-state index is -0.210. The van der Waals surface area contributed by atoms with Gasteiger partial charge in [-0.15, -0.1) is 0 Å². The van der Waals surface area contributed by atoms with E-state index in [1.807, 2.05) is 20.8 Å². The van der Waals surface area contributed by atoms with Crippen molar-refractivity contribution in [2.45, 2.75) is 32.0 Å². The molecule has 1 aliphatic rings. The summed E-state index contributed by atoms with van der Waals surface area (Å²) in [7, 11) is 0. The monoisotopic (exact) mass is 230 g/mol. The molecular formula is C11H22N2O3. The minimum Gasteiger partial charge on any atom is -0.373 e. The van der Waals surface area contributed by atoms with E-state index in [-0.39, 0.29) is 11.2 Å². The predicted molar refractivity (Wildman–Crippen MR) is 61.3 cm³/mol. The number of hydrogen-bond acceptors (Lipinski definition) is 4. The Balaban J connectivity index is 2.24. The summed E-state index contributed by atoms with van der Waals surface area (Å²) in [5, 5.41) is 5.76. The Morgan fingerprint density at radius 1 is 1.44 bits per heavy atom.